The average Bonchev–Trinajstić information content (AvgIpc) is 2.38. The van der Waals surface area contributed by atoms with Gasteiger partial charge in [0, 0.05) is 24.8 Å². The molecule has 0 radical (unpaired) electrons. The molecule has 2 rings (SSSR count). The van der Waals surface area contributed by atoms with Crippen molar-refractivity contribution < 1.29 is 4.39 Å². The molecule has 3 nitrogen and oxygen atoms in total. The number of aromatic nitrogens is 1. The van der Waals surface area contributed by atoms with Crippen molar-refractivity contribution in [1.82, 2.24) is 15.2 Å². The van der Waals surface area contributed by atoms with Crippen molar-refractivity contribution in [3.63, 3.8) is 0 Å². The van der Waals surface area contributed by atoms with Crippen molar-refractivity contribution in [1.29, 1.82) is 0 Å². The van der Waals surface area contributed by atoms with E-state index in [4.69, 9.17) is 0 Å². The van der Waals surface area contributed by atoms with E-state index in [1.807, 2.05) is 7.05 Å². The molecule has 18 heavy (non-hydrogen) atoms. The van der Waals surface area contributed by atoms with Gasteiger partial charge in [-0.2, -0.15) is 0 Å². The summed E-state index contributed by atoms with van der Waals surface area (Å²) in [6, 6.07) is 2.58. The Morgan fingerprint density at radius 1 is 1.50 bits per heavy atom. The highest BCUT2D eigenvalue weighted by Gasteiger charge is 2.26. The molecule has 2 unspecified atom stereocenters. The van der Waals surface area contributed by atoms with Gasteiger partial charge in [0.15, 0.2) is 0 Å². The van der Waals surface area contributed by atoms with Gasteiger partial charge in [-0.05, 0) is 45.0 Å². The van der Waals surface area contributed by atoms with E-state index in [0.29, 0.717) is 12.1 Å². The molecule has 0 saturated carbocycles. The van der Waals surface area contributed by atoms with Gasteiger partial charge in [0.2, 0.25) is 0 Å². The largest absolute Gasteiger partial charge is 0.316 e. The standard InChI is InChI=1S/C14H22FN3/c1-11(16-2)14-5-3-4-6-18(14)10-12-7-13(15)9-17-8-12/h7-9,11,14,16H,3-6,10H2,1-2H3. The van der Waals surface area contributed by atoms with Gasteiger partial charge < -0.3 is 5.32 Å². The molecule has 1 aromatic rings. The molecule has 1 aromatic heterocycles. The highest BCUT2D eigenvalue weighted by Crippen LogP contribution is 2.21. The molecule has 2 atom stereocenters. The molecule has 1 fully saturated rings. The van der Waals surface area contributed by atoms with Crippen LogP contribution in [-0.4, -0.2) is 35.6 Å². The van der Waals surface area contributed by atoms with Crippen LogP contribution in [0.25, 0.3) is 0 Å². The zero-order valence-corrected chi connectivity index (χ0v) is 11.2. The third-order valence-electron chi connectivity index (χ3n) is 3.84. The lowest BCUT2D eigenvalue weighted by molar-refractivity contribution is 0.114. The van der Waals surface area contributed by atoms with Crippen LogP contribution in [0.3, 0.4) is 0 Å². The van der Waals surface area contributed by atoms with E-state index in [-0.39, 0.29) is 5.82 Å². The second kappa shape index (κ2) is 6.25. The lowest BCUT2D eigenvalue weighted by Crippen LogP contribution is -2.49. The van der Waals surface area contributed by atoms with E-state index in [1.165, 1.54) is 25.5 Å². The Kier molecular flexibility index (Phi) is 4.66. The molecule has 0 aromatic carbocycles. The van der Waals surface area contributed by atoms with Gasteiger partial charge in [-0.25, -0.2) is 4.39 Å². The van der Waals surface area contributed by atoms with Crippen LogP contribution in [0.2, 0.25) is 0 Å². The van der Waals surface area contributed by atoms with Crippen molar-refractivity contribution >= 4 is 0 Å². The van der Waals surface area contributed by atoms with Gasteiger partial charge in [0.1, 0.15) is 5.82 Å². The number of likely N-dealkylation sites (N-methyl/N-ethyl adjacent to an activating group) is 1. The van der Waals surface area contributed by atoms with Crippen molar-refractivity contribution in [3.05, 3.63) is 29.8 Å². The normalized spacial score (nSPS) is 22.9. The van der Waals surface area contributed by atoms with Crippen LogP contribution in [0.4, 0.5) is 4.39 Å². The van der Waals surface area contributed by atoms with Crippen LogP contribution in [0.1, 0.15) is 31.7 Å². The quantitative estimate of drug-likeness (QED) is 0.889. The van der Waals surface area contributed by atoms with E-state index >= 15 is 0 Å². The first-order valence-electron chi connectivity index (χ1n) is 6.71. The fourth-order valence-electron chi connectivity index (χ4n) is 2.75. The molecule has 0 bridgehead atoms. The molecule has 1 saturated heterocycles. The Hall–Kier alpha value is -1.00. The predicted octanol–water partition coefficient (Wildman–Crippen LogP) is 2.18. The van der Waals surface area contributed by atoms with E-state index in [9.17, 15) is 4.39 Å². The van der Waals surface area contributed by atoms with Crippen LogP contribution in [0.15, 0.2) is 18.5 Å². The molecule has 0 aliphatic carbocycles. The maximum atomic E-state index is 13.1. The highest BCUT2D eigenvalue weighted by atomic mass is 19.1. The van der Waals surface area contributed by atoms with Gasteiger partial charge in [-0.15, -0.1) is 0 Å². The molecule has 2 heterocycles. The number of likely N-dealkylation sites (tertiary alicyclic amines) is 1. The molecular weight excluding hydrogens is 229 g/mol. The Balaban J connectivity index is 2.05. The molecule has 0 spiro atoms. The first-order chi connectivity index (χ1) is 8.70. The number of pyridine rings is 1. The van der Waals surface area contributed by atoms with Crippen LogP contribution in [0.5, 0.6) is 0 Å². The number of hydrogen-bond donors (Lipinski definition) is 1. The van der Waals surface area contributed by atoms with Gasteiger partial charge in [0.25, 0.3) is 0 Å². The second-order valence-electron chi connectivity index (χ2n) is 5.12. The Morgan fingerprint density at radius 2 is 2.33 bits per heavy atom. The predicted molar refractivity (Wildman–Crippen MR) is 70.8 cm³/mol. The summed E-state index contributed by atoms with van der Waals surface area (Å²) < 4.78 is 13.1. The molecule has 1 aliphatic heterocycles. The van der Waals surface area contributed by atoms with Crippen molar-refractivity contribution in [2.45, 2.75) is 44.8 Å². The van der Waals surface area contributed by atoms with Gasteiger partial charge >= 0.3 is 0 Å². The lowest BCUT2D eigenvalue weighted by Gasteiger charge is -2.39. The first kappa shape index (κ1) is 13.4. The van der Waals surface area contributed by atoms with E-state index < -0.39 is 0 Å². The van der Waals surface area contributed by atoms with Crippen LogP contribution >= 0.6 is 0 Å². The third kappa shape index (κ3) is 3.27. The molecular formula is C14H22FN3. The third-order valence-corrected chi connectivity index (χ3v) is 3.84. The summed E-state index contributed by atoms with van der Waals surface area (Å²) in [5, 5.41) is 3.33. The minimum Gasteiger partial charge on any atom is -0.316 e. The van der Waals surface area contributed by atoms with Crippen LogP contribution in [0, 0.1) is 5.82 Å². The highest BCUT2D eigenvalue weighted by molar-refractivity contribution is 5.10. The van der Waals surface area contributed by atoms with Crippen molar-refractivity contribution in [2.24, 2.45) is 0 Å². The maximum absolute atomic E-state index is 13.1. The number of halogens is 1. The van der Waals surface area contributed by atoms with E-state index in [1.54, 1.807) is 12.3 Å². The molecule has 1 aliphatic rings. The minimum atomic E-state index is -0.247. The molecule has 100 valence electrons. The summed E-state index contributed by atoms with van der Waals surface area (Å²) in [5.74, 6) is -0.247. The van der Waals surface area contributed by atoms with Crippen LogP contribution < -0.4 is 5.32 Å². The summed E-state index contributed by atoms with van der Waals surface area (Å²) in [4.78, 5) is 6.37. The smallest absolute Gasteiger partial charge is 0.141 e. The average molecular weight is 251 g/mol. The summed E-state index contributed by atoms with van der Waals surface area (Å²) in [7, 11) is 2.00. The number of rotatable bonds is 4. The Morgan fingerprint density at radius 3 is 3.06 bits per heavy atom. The lowest BCUT2D eigenvalue weighted by atomic mass is 9.96. The maximum Gasteiger partial charge on any atom is 0.141 e. The first-order valence-corrected chi connectivity index (χ1v) is 6.71. The van der Waals surface area contributed by atoms with Crippen molar-refractivity contribution in [2.75, 3.05) is 13.6 Å². The summed E-state index contributed by atoms with van der Waals surface area (Å²) in [6.45, 7) is 4.10. The minimum absolute atomic E-state index is 0.247. The van der Waals surface area contributed by atoms with Gasteiger partial charge in [-0.1, -0.05) is 6.42 Å². The zero-order valence-electron chi connectivity index (χ0n) is 11.2. The molecule has 1 N–H and O–H groups in total. The second-order valence-corrected chi connectivity index (χ2v) is 5.12. The number of nitrogens with zero attached hydrogens (tertiary/aromatic N) is 2. The Labute approximate surface area is 108 Å². The molecule has 0 amide bonds. The molecule has 4 heteroatoms. The van der Waals surface area contributed by atoms with E-state index in [0.717, 1.165) is 18.7 Å². The van der Waals surface area contributed by atoms with Gasteiger partial charge in [-0.3, -0.25) is 9.88 Å². The Bertz CT molecular complexity index is 383. The van der Waals surface area contributed by atoms with Gasteiger partial charge in [0.05, 0.1) is 6.20 Å². The van der Waals surface area contributed by atoms with E-state index in [2.05, 4.69) is 22.1 Å². The number of nitrogens with one attached hydrogen (secondary N) is 1. The fraction of sp³-hybridized carbons (Fsp3) is 0.643. The summed E-state index contributed by atoms with van der Waals surface area (Å²) in [6.07, 6.45) is 6.75. The summed E-state index contributed by atoms with van der Waals surface area (Å²) >= 11 is 0. The topological polar surface area (TPSA) is 28.2 Å². The SMILES string of the molecule is CNC(C)C1CCCCN1Cc1cncc(F)c1. The number of piperidine rings is 1. The number of hydrogen-bond acceptors (Lipinski definition) is 3. The fourth-order valence-corrected chi connectivity index (χ4v) is 2.75. The zero-order chi connectivity index (χ0) is 13.0. The van der Waals surface area contributed by atoms with Crippen molar-refractivity contribution in [3.8, 4) is 0 Å². The monoisotopic (exact) mass is 251 g/mol. The summed E-state index contributed by atoms with van der Waals surface area (Å²) in [5.41, 5.74) is 0.963. The van der Waals surface area contributed by atoms with Crippen LogP contribution in [-0.2, 0) is 6.54 Å².